The van der Waals surface area contributed by atoms with Crippen molar-refractivity contribution in [1.29, 1.82) is 0 Å². The molecule has 5 N–H and O–H groups in total. The number of aromatic amines is 1. The predicted molar refractivity (Wildman–Crippen MR) is 232 cm³/mol. The third-order valence-corrected chi connectivity index (χ3v) is 11.5. The van der Waals surface area contributed by atoms with E-state index in [2.05, 4.69) is 60.4 Å². The van der Waals surface area contributed by atoms with Gasteiger partial charge in [0.2, 0.25) is 0 Å². The van der Waals surface area contributed by atoms with E-state index in [-0.39, 0.29) is 43.4 Å². The van der Waals surface area contributed by atoms with Crippen molar-refractivity contribution in [3.63, 3.8) is 0 Å². The molecule has 6 heterocycles. The monoisotopic (exact) mass is 866 g/mol. The van der Waals surface area contributed by atoms with Gasteiger partial charge in [0, 0.05) is 37.8 Å². The van der Waals surface area contributed by atoms with Crippen LogP contribution in [0.25, 0.3) is 55.8 Å². The summed E-state index contributed by atoms with van der Waals surface area (Å²) in [6, 6.07) is 9.74. The second-order valence-corrected chi connectivity index (χ2v) is 23.0. The van der Waals surface area contributed by atoms with Gasteiger partial charge in [-0.1, -0.05) is 19.6 Å². The van der Waals surface area contributed by atoms with Crippen molar-refractivity contribution in [2.45, 2.75) is 71.2 Å². The minimum absolute atomic E-state index is 0.201. The second-order valence-electron chi connectivity index (χ2n) is 17.4. The van der Waals surface area contributed by atoms with E-state index >= 15 is 0 Å². The average Bonchev–Trinajstić information content (AvgIpc) is 4.02. The number of nitrogens with one attached hydrogen (secondary N) is 3. The molecule has 0 fully saturated rings. The van der Waals surface area contributed by atoms with Crippen molar-refractivity contribution >= 4 is 64.0 Å². The smallest absolute Gasteiger partial charge is 0.255 e. The molecule has 6 aromatic heterocycles. The van der Waals surface area contributed by atoms with E-state index in [1.165, 1.54) is 41.3 Å². The SMILES string of the molecule is CC(C)(CO)NC(=O)c1c[nH]c2ncc(-n3ncc4cc(F)ccc43)nc12.CC(C)(CO)NC(=O)c1cn(COCC[Si](C)(C)C)c2ncc(-n3ncc4cc(F)ccc43)nc12. The Labute approximate surface area is 355 Å². The van der Waals surface area contributed by atoms with Crippen LogP contribution in [0.5, 0.6) is 0 Å². The summed E-state index contributed by atoms with van der Waals surface area (Å²) in [4.78, 5) is 46.7. The van der Waals surface area contributed by atoms with Crippen molar-refractivity contribution in [3.8, 4) is 11.6 Å². The number of carbonyl (C=O) groups excluding carboxylic acids is 2. The molecule has 0 aliphatic carbocycles. The summed E-state index contributed by atoms with van der Waals surface area (Å²) in [6.07, 6.45) is 9.37. The van der Waals surface area contributed by atoms with E-state index in [0.29, 0.717) is 73.5 Å². The molecule has 62 heavy (non-hydrogen) atoms. The molecule has 324 valence electrons. The first kappa shape index (κ1) is 43.6. The Hall–Kier alpha value is -6.48. The number of aromatic nitrogens is 10. The lowest BCUT2D eigenvalue weighted by molar-refractivity contribution is 0.0855. The van der Waals surface area contributed by atoms with Gasteiger partial charge in [-0.2, -0.15) is 10.2 Å². The Bertz CT molecular complexity index is 2930. The first-order valence-electron chi connectivity index (χ1n) is 19.8. The topological polar surface area (TPSA) is 216 Å². The van der Waals surface area contributed by atoms with Crippen LogP contribution >= 0.6 is 0 Å². The van der Waals surface area contributed by atoms with Crippen LogP contribution in [0.1, 0.15) is 48.4 Å². The number of ether oxygens (including phenoxy) is 1. The number of carbonyl (C=O) groups is 2. The zero-order valence-electron chi connectivity index (χ0n) is 35.4. The highest BCUT2D eigenvalue weighted by Crippen LogP contribution is 2.25. The van der Waals surface area contributed by atoms with Crippen LogP contribution in [-0.2, 0) is 11.5 Å². The molecule has 0 saturated carbocycles. The Kier molecular flexibility index (Phi) is 12.0. The second kappa shape index (κ2) is 17.1. The van der Waals surface area contributed by atoms with Gasteiger partial charge in [0.1, 0.15) is 29.4 Å². The van der Waals surface area contributed by atoms with Gasteiger partial charge in [-0.25, -0.2) is 38.1 Å². The van der Waals surface area contributed by atoms with Gasteiger partial charge in [0.05, 0.1) is 71.2 Å². The molecule has 0 bridgehead atoms. The molecule has 17 nitrogen and oxygen atoms in total. The number of H-pyrrole nitrogens is 1. The quantitative estimate of drug-likeness (QED) is 0.0704. The van der Waals surface area contributed by atoms with Gasteiger partial charge in [-0.15, -0.1) is 0 Å². The van der Waals surface area contributed by atoms with Gasteiger partial charge in [0.15, 0.2) is 22.9 Å². The molecule has 20 heteroatoms. The Morgan fingerprint density at radius 1 is 0.774 bits per heavy atom. The van der Waals surface area contributed by atoms with E-state index in [9.17, 15) is 28.6 Å². The number of hydrogen-bond donors (Lipinski definition) is 5. The lowest BCUT2D eigenvalue weighted by atomic mass is 10.1. The number of benzene rings is 2. The van der Waals surface area contributed by atoms with Gasteiger partial charge in [-0.05, 0) is 70.1 Å². The number of amides is 2. The number of aliphatic hydroxyl groups excluding tert-OH is 2. The van der Waals surface area contributed by atoms with Crippen molar-refractivity contribution in [2.24, 2.45) is 0 Å². The van der Waals surface area contributed by atoms with Gasteiger partial charge in [0.25, 0.3) is 11.8 Å². The zero-order valence-corrected chi connectivity index (χ0v) is 36.4. The molecule has 0 saturated heterocycles. The van der Waals surface area contributed by atoms with Gasteiger partial charge in [-0.3, -0.25) is 9.59 Å². The van der Waals surface area contributed by atoms with Crippen LogP contribution in [-0.4, -0.2) is 110 Å². The lowest BCUT2D eigenvalue weighted by Gasteiger charge is -2.23. The number of fused-ring (bicyclic) bond motifs is 4. The van der Waals surface area contributed by atoms with Gasteiger partial charge < -0.3 is 35.1 Å². The van der Waals surface area contributed by atoms with E-state index in [4.69, 9.17) is 9.72 Å². The molecule has 8 rings (SSSR count). The number of rotatable bonds is 13. The largest absolute Gasteiger partial charge is 0.394 e. The molecule has 0 aliphatic heterocycles. The van der Waals surface area contributed by atoms with E-state index in [0.717, 1.165) is 6.04 Å². The van der Waals surface area contributed by atoms with E-state index < -0.39 is 19.2 Å². The van der Waals surface area contributed by atoms with Gasteiger partial charge >= 0.3 is 0 Å². The first-order valence-corrected chi connectivity index (χ1v) is 23.5. The molecule has 0 atom stereocenters. The van der Waals surface area contributed by atoms with Crippen LogP contribution in [0.2, 0.25) is 25.7 Å². The molecule has 0 spiro atoms. The summed E-state index contributed by atoms with van der Waals surface area (Å²) < 4.78 is 37.8. The summed E-state index contributed by atoms with van der Waals surface area (Å²) in [5.41, 5.74) is 2.09. The van der Waals surface area contributed by atoms with E-state index in [1.807, 2.05) is 0 Å². The number of halogens is 2. The van der Waals surface area contributed by atoms with Crippen LogP contribution in [0.3, 0.4) is 0 Å². The maximum absolute atomic E-state index is 13.6. The number of nitrogens with zero attached hydrogens (tertiary/aromatic N) is 9. The highest BCUT2D eigenvalue weighted by atomic mass is 28.3. The van der Waals surface area contributed by atoms with Crippen LogP contribution in [0.4, 0.5) is 8.78 Å². The zero-order chi connectivity index (χ0) is 44.6. The van der Waals surface area contributed by atoms with Crippen molar-refractivity contribution < 1.29 is 33.3 Å². The first-order chi connectivity index (χ1) is 29.3. The van der Waals surface area contributed by atoms with Crippen LogP contribution in [0, 0.1) is 11.6 Å². The summed E-state index contributed by atoms with van der Waals surface area (Å²) in [5.74, 6) is -0.658. The summed E-state index contributed by atoms with van der Waals surface area (Å²) in [6.45, 7) is 14.2. The molecule has 0 unspecified atom stereocenters. The molecule has 8 aromatic rings. The highest BCUT2D eigenvalue weighted by molar-refractivity contribution is 6.76. The van der Waals surface area contributed by atoms with Crippen molar-refractivity contribution in [2.75, 3.05) is 19.8 Å². The fourth-order valence-corrected chi connectivity index (χ4v) is 7.07. The molecular weight excluding hydrogens is 819 g/mol. The lowest BCUT2D eigenvalue weighted by Crippen LogP contribution is -2.46. The molecule has 2 aromatic carbocycles. The summed E-state index contributed by atoms with van der Waals surface area (Å²) in [5, 5.41) is 34.4. The molecule has 2 amide bonds. The fraction of sp³-hybridized carbons (Fsp3) is 0.333. The Morgan fingerprint density at radius 3 is 1.85 bits per heavy atom. The molecule has 0 radical (unpaired) electrons. The average molecular weight is 867 g/mol. The number of aliphatic hydroxyl groups is 2. The highest BCUT2D eigenvalue weighted by Gasteiger charge is 2.26. The maximum Gasteiger partial charge on any atom is 0.255 e. The maximum atomic E-state index is 13.6. The van der Waals surface area contributed by atoms with Crippen molar-refractivity contribution in [3.05, 3.63) is 96.3 Å². The molecular formula is C42H48F2N12O5Si. The summed E-state index contributed by atoms with van der Waals surface area (Å²) >= 11 is 0. The fourth-order valence-electron chi connectivity index (χ4n) is 6.31. The van der Waals surface area contributed by atoms with Crippen molar-refractivity contribution in [1.82, 2.24) is 59.7 Å². The van der Waals surface area contributed by atoms with E-state index in [1.54, 1.807) is 73.9 Å². The third kappa shape index (κ3) is 9.52. The Morgan fingerprint density at radius 2 is 1.31 bits per heavy atom. The minimum Gasteiger partial charge on any atom is -0.394 e. The standard InChI is InChI=1S/C24H31FN6O3Si.C18H17FN6O2/c1-24(2,14-32)29-23(33)18-13-30(15-34-8-9-35(3,4)5)22-21(18)28-20(12-26-22)31-19-7-6-17(25)10-16(19)11-27-31;1-18(2,9-26)24-17(27)12-7-20-16-15(12)23-14(8-21-16)25-13-4-3-11(19)5-10(13)6-22-25/h6-7,10-13,32H,8-9,14-15H2,1-5H3,(H,29,33);3-8,26H,9H2,1-2H3,(H,20,21)(H,24,27). The number of hydrogen-bond acceptors (Lipinski definition) is 11. The summed E-state index contributed by atoms with van der Waals surface area (Å²) in [7, 11) is -1.24. The predicted octanol–water partition coefficient (Wildman–Crippen LogP) is 5.66. The van der Waals surface area contributed by atoms with Crippen LogP contribution < -0.4 is 10.6 Å². The minimum atomic E-state index is -1.24. The third-order valence-electron chi connectivity index (χ3n) is 9.83. The normalized spacial score (nSPS) is 12.3. The molecule has 0 aliphatic rings. The van der Waals surface area contributed by atoms with Crippen LogP contribution in [0.15, 0.2) is 73.6 Å². The Balaban J connectivity index is 0.000000192.